The lowest BCUT2D eigenvalue weighted by Crippen LogP contribution is -2.23. The molecule has 0 atom stereocenters. The number of allylic oxidation sites excluding steroid dienone is 8. The normalized spacial score (nSPS) is 19.6. The summed E-state index contributed by atoms with van der Waals surface area (Å²) in [4.78, 5) is 17.3. The number of hydrogen-bond donors (Lipinski definition) is 2. The first-order valence-electron chi connectivity index (χ1n) is 14.1. The van der Waals surface area contributed by atoms with Crippen LogP contribution in [0.4, 0.5) is 0 Å². The molecule has 2 N–H and O–H groups in total. The zero-order valence-electron chi connectivity index (χ0n) is 24.7. The molecule has 0 aromatic carbocycles. The van der Waals surface area contributed by atoms with Crippen molar-refractivity contribution in [2.24, 2.45) is 21.7 Å². The molecular weight excluding hydrogens is 496 g/mol. The summed E-state index contributed by atoms with van der Waals surface area (Å²) in [5, 5.41) is 18.9. The number of aliphatic hydroxyl groups excluding tert-OH is 1. The fourth-order valence-corrected chi connectivity index (χ4v) is 7.92. The van der Waals surface area contributed by atoms with E-state index in [2.05, 4.69) is 65.8 Å². The number of aliphatic hydroxyl groups is 1. The van der Waals surface area contributed by atoms with Gasteiger partial charge >= 0.3 is 5.97 Å². The van der Waals surface area contributed by atoms with E-state index < -0.39 is 11.4 Å². The van der Waals surface area contributed by atoms with Crippen LogP contribution in [0.3, 0.4) is 0 Å². The first-order valence-corrected chi connectivity index (χ1v) is 15.7. The molecule has 0 amide bonds. The first-order chi connectivity index (χ1) is 17.0. The Hall–Kier alpha value is -0.910. The second-order valence-corrected chi connectivity index (χ2v) is 16.2. The van der Waals surface area contributed by atoms with E-state index >= 15 is 0 Å². The summed E-state index contributed by atoms with van der Waals surface area (Å²) in [7, 11) is 0. The molecule has 0 fully saturated rings. The molecule has 2 rings (SSSR count). The number of carboxylic acid groups (broad SMARTS) is 1. The molecule has 0 aliphatic carbocycles. The topological polar surface area (TPSA) is 57.5 Å². The van der Waals surface area contributed by atoms with Gasteiger partial charge in [0.2, 0.25) is 0 Å². The number of carbonyl (C=O) groups is 1. The molecule has 0 bridgehead atoms. The molecular formula is C32H52O3S2. The van der Waals surface area contributed by atoms with Gasteiger partial charge in [-0.15, -0.1) is 0 Å². The Kier molecular flexibility index (Phi) is 11.7. The average Bonchev–Trinajstić information content (AvgIpc) is 2.76. The van der Waals surface area contributed by atoms with Crippen LogP contribution in [-0.2, 0) is 4.79 Å². The summed E-state index contributed by atoms with van der Waals surface area (Å²) in [6.45, 7) is 17.4. The highest BCUT2D eigenvalue weighted by atomic mass is 32.2. The Morgan fingerprint density at radius 2 is 1.08 bits per heavy atom. The molecule has 210 valence electrons. The number of aliphatic carboxylic acids is 1. The molecule has 37 heavy (non-hydrogen) atoms. The Balaban J connectivity index is 1.86. The maximum Gasteiger partial charge on any atom is 0.309 e. The van der Waals surface area contributed by atoms with Crippen molar-refractivity contribution in [2.75, 3.05) is 6.61 Å². The third kappa shape index (κ3) is 11.8. The van der Waals surface area contributed by atoms with Gasteiger partial charge in [0.05, 0.1) is 5.41 Å². The molecule has 0 aromatic rings. The first kappa shape index (κ1) is 32.3. The van der Waals surface area contributed by atoms with Gasteiger partial charge in [-0.25, -0.2) is 0 Å². The van der Waals surface area contributed by atoms with E-state index in [9.17, 15) is 15.0 Å². The third-order valence-electron chi connectivity index (χ3n) is 7.28. The summed E-state index contributed by atoms with van der Waals surface area (Å²) < 4.78 is 0. The van der Waals surface area contributed by atoms with Crippen LogP contribution in [0.25, 0.3) is 0 Å². The number of thioether (sulfide) groups is 2. The lowest BCUT2D eigenvalue weighted by molar-refractivity contribution is -0.147. The van der Waals surface area contributed by atoms with Crippen molar-refractivity contribution in [1.29, 1.82) is 0 Å². The molecule has 0 saturated heterocycles. The van der Waals surface area contributed by atoms with E-state index in [1.54, 1.807) is 0 Å². The van der Waals surface area contributed by atoms with Crippen molar-refractivity contribution in [3.8, 4) is 0 Å². The molecule has 2 aliphatic rings. The second-order valence-electron chi connectivity index (χ2n) is 13.7. The maximum absolute atomic E-state index is 11.4. The SMILES string of the molecule is CC1(C)C=C(CCCCC(C)(C)CO)SC(CCC2=CC(C)(C)C=C(CCCCC(C)(C)C(=O)O)S2)=C1. The van der Waals surface area contributed by atoms with E-state index in [0.717, 1.165) is 57.8 Å². The summed E-state index contributed by atoms with van der Waals surface area (Å²) in [6.07, 6.45) is 20.2. The van der Waals surface area contributed by atoms with Crippen LogP contribution >= 0.6 is 23.5 Å². The molecule has 3 nitrogen and oxygen atoms in total. The predicted molar refractivity (Wildman–Crippen MR) is 164 cm³/mol. The highest BCUT2D eigenvalue weighted by Crippen LogP contribution is 2.46. The quantitative estimate of drug-likeness (QED) is 0.199. The lowest BCUT2D eigenvalue weighted by atomic mass is 9.87. The van der Waals surface area contributed by atoms with Crippen LogP contribution in [0.1, 0.15) is 120 Å². The number of rotatable bonds is 15. The Morgan fingerprint density at radius 1 is 0.703 bits per heavy atom. The summed E-state index contributed by atoms with van der Waals surface area (Å²) in [5.74, 6) is -0.702. The molecule has 2 heterocycles. The van der Waals surface area contributed by atoms with E-state index in [1.165, 1.54) is 26.0 Å². The van der Waals surface area contributed by atoms with Crippen molar-refractivity contribution in [2.45, 2.75) is 120 Å². The zero-order chi connectivity index (χ0) is 27.9. The smallest absolute Gasteiger partial charge is 0.309 e. The number of unbranched alkanes of at least 4 members (excludes halogenated alkanes) is 2. The van der Waals surface area contributed by atoms with Crippen molar-refractivity contribution in [3.63, 3.8) is 0 Å². The fourth-order valence-electron chi connectivity index (χ4n) is 4.89. The highest BCUT2D eigenvalue weighted by molar-refractivity contribution is 8.07. The zero-order valence-corrected chi connectivity index (χ0v) is 26.3. The van der Waals surface area contributed by atoms with E-state index in [4.69, 9.17) is 0 Å². The maximum atomic E-state index is 11.4. The molecule has 5 heteroatoms. The van der Waals surface area contributed by atoms with Gasteiger partial charge in [-0.05, 0) is 90.2 Å². The monoisotopic (exact) mass is 548 g/mol. The molecule has 0 unspecified atom stereocenters. The number of hydrogen-bond acceptors (Lipinski definition) is 4. The lowest BCUT2D eigenvalue weighted by Gasteiger charge is -2.28. The molecule has 0 saturated carbocycles. The van der Waals surface area contributed by atoms with Gasteiger partial charge in [-0.2, -0.15) is 0 Å². The predicted octanol–water partition coefficient (Wildman–Crippen LogP) is 10.1. The van der Waals surface area contributed by atoms with Gasteiger partial charge in [0.15, 0.2) is 0 Å². The Bertz CT molecular complexity index is 916. The van der Waals surface area contributed by atoms with Crippen molar-refractivity contribution >= 4 is 29.5 Å². The Labute approximate surface area is 235 Å². The molecule has 0 aromatic heterocycles. The van der Waals surface area contributed by atoms with Gasteiger partial charge < -0.3 is 10.2 Å². The van der Waals surface area contributed by atoms with Gasteiger partial charge in [0.25, 0.3) is 0 Å². The van der Waals surface area contributed by atoms with Gasteiger partial charge in [-0.3, -0.25) is 4.79 Å². The summed E-state index contributed by atoms with van der Waals surface area (Å²) in [6, 6.07) is 0. The molecule has 2 aliphatic heterocycles. The van der Waals surface area contributed by atoms with Crippen molar-refractivity contribution in [1.82, 2.24) is 0 Å². The van der Waals surface area contributed by atoms with E-state index in [0.29, 0.717) is 0 Å². The minimum absolute atomic E-state index is 0.0277. The van der Waals surface area contributed by atoms with Crippen molar-refractivity contribution in [3.05, 3.63) is 43.9 Å². The number of carboxylic acids is 1. The van der Waals surface area contributed by atoms with Gasteiger partial charge in [0.1, 0.15) is 0 Å². The summed E-state index contributed by atoms with van der Waals surface area (Å²) >= 11 is 3.92. The van der Waals surface area contributed by atoms with Gasteiger partial charge in [-0.1, -0.05) is 102 Å². The fraction of sp³-hybridized carbons (Fsp3) is 0.719. The average molecular weight is 549 g/mol. The van der Waals surface area contributed by atoms with Crippen LogP contribution in [0.5, 0.6) is 0 Å². The van der Waals surface area contributed by atoms with Crippen LogP contribution in [-0.4, -0.2) is 22.8 Å². The molecule has 0 radical (unpaired) electrons. The van der Waals surface area contributed by atoms with Crippen LogP contribution < -0.4 is 0 Å². The Morgan fingerprint density at radius 3 is 1.46 bits per heavy atom. The van der Waals surface area contributed by atoms with Gasteiger partial charge in [0, 0.05) is 17.4 Å². The second kappa shape index (κ2) is 13.4. The summed E-state index contributed by atoms with van der Waals surface area (Å²) in [5.41, 5.74) is -0.444. The largest absolute Gasteiger partial charge is 0.481 e. The minimum Gasteiger partial charge on any atom is -0.481 e. The van der Waals surface area contributed by atoms with E-state index in [1.807, 2.05) is 37.4 Å². The van der Waals surface area contributed by atoms with Crippen LogP contribution in [0.15, 0.2) is 43.9 Å². The standard InChI is InChI=1S/C32H52O3S2/c1-29(2,23-33)17-11-9-13-24-19-30(3,4)21-26(36-24)15-16-27-22-31(5,6)20-25(37-27)14-10-12-18-32(7,8)28(34)35/h19-22,33H,9-18,23H2,1-8H3,(H,34,35). The third-order valence-corrected chi connectivity index (χ3v) is 9.62. The van der Waals surface area contributed by atoms with E-state index in [-0.39, 0.29) is 22.9 Å². The van der Waals surface area contributed by atoms with Crippen LogP contribution in [0, 0.1) is 21.7 Å². The van der Waals surface area contributed by atoms with Crippen LogP contribution in [0.2, 0.25) is 0 Å². The molecule has 0 spiro atoms. The van der Waals surface area contributed by atoms with Crippen molar-refractivity contribution < 1.29 is 15.0 Å². The minimum atomic E-state index is -0.702. The highest BCUT2D eigenvalue weighted by Gasteiger charge is 2.27.